The number of aliphatic carboxylic acids is 1. The van der Waals surface area contributed by atoms with Crippen LogP contribution < -0.4 is 21.3 Å². The summed E-state index contributed by atoms with van der Waals surface area (Å²) in [5, 5.41) is 44.1. The molecule has 7 N–H and O–H groups in total. The summed E-state index contributed by atoms with van der Waals surface area (Å²) in [4.78, 5) is 133. The Morgan fingerprint density at radius 1 is 0.911 bits per heavy atom. The Kier molecular flexibility index (Phi) is 16.4. The van der Waals surface area contributed by atoms with Gasteiger partial charge in [-0.3, -0.25) is 43.7 Å². The highest BCUT2D eigenvalue weighted by Crippen LogP contribution is 2.70. The molecule has 3 saturated carbocycles. The number of rotatable bonds is 20. The van der Waals surface area contributed by atoms with Crippen LogP contribution in [0.5, 0.6) is 0 Å². The van der Waals surface area contributed by atoms with Gasteiger partial charge in [0.05, 0.1) is 30.2 Å². The largest absolute Gasteiger partial charge is 0.481 e. The number of Topliss-reactive ketones (excluding diaryl/α,β-unsaturated/α-hetero) is 1. The number of hydrogen-bond donors (Lipinski definition) is 7. The highest BCUT2D eigenvalue weighted by Gasteiger charge is 2.76. The summed E-state index contributed by atoms with van der Waals surface area (Å²) in [5.74, 6) is -6.32. The molecular weight excluding hydrogens is 1050 g/mol. The second kappa shape index (κ2) is 23.1. The number of benzene rings is 2. The van der Waals surface area contributed by atoms with Gasteiger partial charge >= 0.3 is 18.0 Å². The maximum atomic E-state index is 14.0. The fourth-order valence-corrected chi connectivity index (χ4v) is 13.3. The van der Waals surface area contributed by atoms with Gasteiger partial charge in [-0.1, -0.05) is 61.9 Å². The van der Waals surface area contributed by atoms with E-state index in [2.05, 4.69) is 33.2 Å². The average molecular weight is 1110 g/mol. The van der Waals surface area contributed by atoms with Crippen LogP contribution in [0.25, 0.3) is 0 Å². The van der Waals surface area contributed by atoms with Crippen LogP contribution >= 0.6 is 11.3 Å². The molecule has 24 heteroatoms. The molecule has 9 rings (SSSR count). The molecule has 2 aliphatic heterocycles. The molecule has 5 fully saturated rings. The van der Waals surface area contributed by atoms with Crippen molar-refractivity contribution >= 4 is 82.0 Å². The Labute approximate surface area is 456 Å². The number of nitrogens with one attached hydrogen (secondary N) is 4. The maximum absolute atomic E-state index is 14.0. The smallest absolute Gasteiger partial charge is 0.413 e. The molecule has 6 amide bonds. The number of carboxylic acids is 1. The lowest BCUT2D eigenvalue weighted by Gasteiger charge is -2.59. The van der Waals surface area contributed by atoms with E-state index < -0.39 is 127 Å². The molecule has 6 aliphatic rings. The van der Waals surface area contributed by atoms with Crippen molar-refractivity contribution in [2.24, 2.45) is 28.6 Å². The number of ketones is 2. The minimum atomic E-state index is -1.48. The van der Waals surface area contributed by atoms with Crippen molar-refractivity contribution < 1.29 is 82.3 Å². The standard InChI is InChI=1S/C55H60N6O17S/c1-53-20-19-34(63)22-32(53)9-12-35-36-23-40-55(39(65)26-62,54(36,2)24-38(64)49(35)53)77-51(76-40)31-7-3-29(4-8-31)21-44-59-41(28-79-44)60-52(74)75-27-30-5-10-33(11-6-30)57-50(73)37(13-17-47(70)71)58-43(67)25-56-42(66)14-18-48(72)78-61-45(68)15-16-46(61)69/h3-8,10-11,19-20,22,28,35-38,40,49,51,62,64H,9,12-18,21,23-27H2,1-2H3,(H,56,66)(H,57,73)(H,58,67)(H,60,74)(H,70,71)/t35-,36-,37-,38-,40+,49+,51-,53-,54-,55+/m0/s1. The third kappa shape index (κ3) is 11.6. The van der Waals surface area contributed by atoms with E-state index in [0.717, 1.165) is 17.6 Å². The van der Waals surface area contributed by atoms with Crippen molar-refractivity contribution in [2.45, 2.75) is 121 Å². The second-order valence-corrected chi connectivity index (χ2v) is 22.1. The number of amides is 6. The molecule has 3 aromatic rings. The molecule has 0 unspecified atom stereocenters. The van der Waals surface area contributed by atoms with Crippen LogP contribution in [0, 0.1) is 28.6 Å². The summed E-state index contributed by atoms with van der Waals surface area (Å²) in [6.07, 6.45) is 2.92. The van der Waals surface area contributed by atoms with Crippen LogP contribution in [0.1, 0.15) is 106 Å². The number of nitrogens with zero attached hydrogens (tertiary/aromatic N) is 2. The van der Waals surface area contributed by atoms with Crippen LogP contribution in [0.4, 0.5) is 16.3 Å². The van der Waals surface area contributed by atoms with Crippen LogP contribution in [0.3, 0.4) is 0 Å². The Morgan fingerprint density at radius 2 is 1.63 bits per heavy atom. The number of carboxylic acid groups (broad SMARTS) is 1. The number of thiazole rings is 1. The topological polar surface area (TPSA) is 333 Å². The van der Waals surface area contributed by atoms with Crippen molar-refractivity contribution in [2.75, 3.05) is 23.8 Å². The first kappa shape index (κ1) is 56.2. The van der Waals surface area contributed by atoms with Crippen LogP contribution in [-0.4, -0.2) is 122 Å². The van der Waals surface area contributed by atoms with E-state index >= 15 is 0 Å². The fraction of sp³-hybridized carbons (Fsp3) is 0.473. The lowest BCUT2D eigenvalue weighted by molar-refractivity contribution is -0.201. The molecule has 0 radical (unpaired) electrons. The van der Waals surface area contributed by atoms with Gasteiger partial charge in [0.1, 0.15) is 25.1 Å². The van der Waals surface area contributed by atoms with Gasteiger partial charge in [-0.25, -0.2) is 14.6 Å². The van der Waals surface area contributed by atoms with E-state index in [4.69, 9.17) is 19.0 Å². The van der Waals surface area contributed by atoms with Gasteiger partial charge in [-0.2, -0.15) is 0 Å². The first-order valence-corrected chi connectivity index (χ1v) is 26.9. The molecule has 0 spiro atoms. The van der Waals surface area contributed by atoms with Crippen molar-refractivity contribution in [1.82, 2.24) is 20.7 Å². The van der Waals surface area contributed by atoms with E-state index in [9.17, 15) is 63.3 Å². The number of aliphatic hydroxyl groups is 2. The Bertz CT molecular complexity index is 3000. The van der Waals surface area contributed by atoms with E-state index in [0.29, 0.717) is 40.5 Å². The van der Waals surface area contributed by atoms with Crippen LogP contribution in [-0.2, 0) is 75.2 Å². The van der Waals surface area contributed by atoms with Gasteiger partial charge in [-0.05, 0) is 79.4 Å². The number of ether oxygens (including phenoxy) is 3. The molecule has 10 atom stereocenters. The zero-order valence-electron chi connectivity index (χ0n) is 43.2. The highest BCUT2D eigenvalue weighted by molar-refractivity contribution is 7.10. The molecule has 0 bridgehead atoms. The van der Waals surface area contributed by atoms with Crippen molar-refractivity contribution in [3.8, 4) is 0 Å². The molecule has 3 heterocycles. The molecule has 1 aromatic heterocycles. The number of imide groups is 1. The summed E-state index contributed by atoms with van der Waals surface area (Å²) in [7, 11) is 0. The van der Waals surface area contributed by atoms with Gasteiger partial charge in [0.25, 0.3) is 11.8 Å². The van der Waals surface area contributed by atoms with Crippen molar-refractivity contribution in [3.63, 3.8) is 0 Å². The maximum Gasteiger partial charge on any atom is 0.413 e. The first-order valence-electron chi connectivity index (χ1n) is 26.0. The molecule has 418 valence electrons. The second-order valence-electron chi connectivity index (χ2n) is 21.1. The lowest BCUT2D eigenvalue weighted by Crippen LogP contribution is -2.63. The summed E-state index contributed by atoms with van der Waals surface area (Å²) in [6, 6.07) is 12.4. The number of aromatic nitrogens is 1. The number of carbonyl (C=O) groups excluding carboxylic acids is 9. The minimum absolute atomic E-state index is 0.0327. The normalized spacial score (nSPS) is 27.8. The zero-order chi connectivity index (χ0) is 56.4. The van der Waals surface area contributed by atoms with Crippen molar-refractivity contribution in [1.29, 1.82) is 0 Å². The van der Waals surface area contributed by atoms with Gasteiger partial charge in [0.15, 0.2) is 23.5 Å². The number of anilines is 2. The number of fused-ring (bicyclic) bond motifs is 7. The third-order valence-corrected chi connectivity index (χ3v) is 17.1. The quantitative estimate of drug-likeness (QED) is 0.0790. The Balaban J connectivity index is 0.721. The SMILES string of the molecule is C[C@]12C=CC(=O)C=C1CC[C@@H]1[C@@H]2[C@@H](O)C[C@@]2(C)[C@H]1C[C@H]1O[C@H](c3ccc(Cc4nc(NC(=O)OCc5ccc(NC(=O)[C@H](CCC(=O)O)NC(=O)CNC(=O)CCC(=O)ON6C(=O)CCC6=O)cc5)cs4)cc3)O[C@]12C(=O)CO. The van der Waals surface area contributed by atoms with Gasteiger partial charge < -0.3 is 50.3 Å². The first-order chi connectivity index (χ1) is 37.7. The molecular formula is C55H60N6O17S. The zero-order valence-corrected chi connectivity index (χ0v) is 44.0. The van der Waals surface area contributed by atoms with Crippen LogP contribution in [0.2, 0.25) is 0 Å². The summed E-state index contributed by atoms with van der Waals surface area (Å²) in [6.45, 7) is 2.58. The third-order valence-electron chi connectivity index (χ3n) is 16.3. The summed E-state index contributed by atoms with van der Waals surface area (Å²) in [5.41, 5.74) is 0.641. The van der Waals surface area contributed by atoms with Crippen LogP contribution in [0.15, 0.2) is 77.7 Å². The monoisotopic (exact) mass is 1110 g/mol. The molecule has 23 nitrogen and oxygen atoms in total. The van der Waals surface area contributed by atoms with Gasteiger partial charge in [0, 0.05) is 65.5 Å². The molecule has 2 aromatic carbocycles. The Hall–Kier alpha value is -7.51. The molecule has 2 saturated heterocycles. The number of hydroxylamine groups is 2. The summed E-state index contributed by atoms with van der Waals surface area (Å²) < 4.78 is 18.7. The predicted molar refractivity (Wildman–Crippen MR) is 275 cm³/mol. The van der Waals surface area contributed by atoms with E-state index in [1.54, 1.807) is 29.7 Å². The molecule has 4 aliphatic carbocycles. The van der Waals surface area contributed by atoms with Gasteiger partial charge in [0.2, 0.25) is 17.7 Å². The van der Waals surface area contributed by atoms with E-state index in [1.807, 2.05) is 37.3 Å². The molecule has 79 heavy (non-hydrogen) atoms. The number of aliphatic hydroxyl groups excluding tert-OH is 2. The minimum Gasteiger partial charge on any atom is -0.481 e. The van der Waals surface area contributed by atoms with E-state index in [-0.39, 0.29) is 67.3 Å². The number of hydrogen-bond acceptors (Lipinski definition) is 18. The van der Waals surface area contributed by atoms with Crippen molar-refractivity contribution in [3.05, 3.63) is 99.4 Å². The van der Waals surface area contributed by atoms with Gasteiger partial charge in [-0.15, -0.1) is 16.4 Å². The average Bonchev–Trinajstić information content (AvgIpc) is 1.98. The lowest BCUT2D eigenvalue weighted by atomic mass is 9.46. The summed E-state index contributed by atoms with van der Waals surface area (Å²) >= 11 is 1.33. The van der Waals surface area contributed by atoms with E-state index in [1.165, 1.54) is 23.5 Å². The number of allylic oxidation sites excluding steroid dienone is 4. The number of carbonyl (C=O) groups is 10. The Morgan fingerprint density at radius 3 is 2.34 bits per heavy atom. The fourth-order valence-electron chi connectivity index (χ4n) is 12.5. The predicted octanol–water partition coefficient (Wildman–Crippen LogP) is 3.88. The highest BCUT2D eigenvalue weighted by atomic mass is 32.1.